The van der Waals surface area contributed by atoms with Gasteiger partial charge in [0.15, 0.2) is 0 Å². The third-order valence-electron chi connectivity index (χ3n) is 1.46. The van der Waals surface area contributed by atoms with Crippen LogP contribution in [0.15, 0.2) is 0 Å². The molecule has 0 unspecified atom stereocenters. The van der Waals surface area contributed by atoms with Crippen LogP contribution in [0.5, 0.6) is 0 Å². The third kappa shape index (κ3) is 3.75. The zero-order valence-electron chi connectivity index (χ0n) is 8.27. The number of hydrogen-bond donors (Lipinski definition) is 1. The number of carboxylic acids is 1. The molecule has 0 aromatic rings. The van der Waals surface area contributed by atoms with Gasteiger partial charge in [0.05, 0.1) is 5.41 Å². The van der Waals surface area contributed by atoms with Gasteiger partial charge < -0.3 is 7.96 Å². The van der Waals surface area contributed by atoms with E-state index in [0.29, 0.717) is 6.42 Å². The van der Waals surface area contributed by atoms with E-state index in [-0.39, 0.29) is 25.9 Å². The van der Waals surface area contributed by atoms with Crippen LogP contribution >= 0.6 is 0 Å². The molecule has 0 aliphatic rings. The van der Waals surface area contributed by atoms with Gasteiger partial charge >= 0.3 is 29.0 Å². The Hall–Kier alpha value is 0.236. The fourth-order valence-electron chi connectivity index (χ4n) is 0.151. The largest absolute Gasteiger partial charge is 2.00 e. The molecule has 0 aliphatic carbocycles. The minimum Gasteiger partial charge on any atom is -1.00 e. The van der Waals surface area contributed by atoms with Gasteiger partial charge in [0.1, 0.15) is 0 Å². The molecule has 0 rings (SSSR count). The first-order chi connectivity index (χ1) is 3.50. The van der Waals surface area contributed by atoms with Crippen molar-refractivity contribution in [2.45, 2.75) is 27.2 Å². The molecule has 0 saturated heterocycles. The summed E-state index contributed by atoms with van der Waals surface area (Å²) in [6.07, 6.45) is 0.683. The summed E-state index contributed by atoms with van der Waals surface area (Å²) in [5, 5.41) is 8.44. The van der Waals surface area contributed by atoms with Crippen molar-refractivity contribution < 1.29 is 12.8 Å². The predicted octanol–water partition coefficient (Wildman–Crippen LogP) is 1.35. The van der Waals surface area contributed by atoms with E-state index in [9.17, 15) is 4.79 Å². The topological polar surface area (TPSA) is 37.3 Å². The summed E-state index contributed by atoms with van der Waals surface area (Å²) in [6.45, 7) is 5.30. The van der Waals surface area contributed by atoms with Gasteiger partial charge in [-0.05, 0) is 20.3 Å². The van der Waals surface area contributed by atoms with E-state index < -0.39 is 11.4 Å². The molecule has 0 aliphatic heterocycles. The monoisotopic (exact) mass is 142 g/mol. The van der Waals surface area contributed by atoms with Crippen molar-refractivity contribution in [2.24, 2.45) is 5.41 Å². The summed E-state index contributed by atoms with van der Waals surface area (Å²) >= 11 is 0. The Bertz CT molecular complexity index is 107. The molecule has 3 heteroatoms. The summed E-state index contributed by atoms with van der Waals surface area (Å²) in [4.78, 5) is 10.3. The van der Waals surface area contributed by atoms with Crippen molar-refractivity contribution >= 4 is 29.0 Å². The van der Waals surface area contributed by atoms with Crippen LogP contribution < -0.4 is 0 Å². The van der Waals surface area contributed by atoms with Crippen LogP contribution in [0.1, 0.15) is 30.0 Å². The van der Waals surface area contributed by atoms with Gasteiger partial charge in [-0.25, -0.2) is 0 Å². The second-order valence-corrected chi connectivity index (χ2v) is 2.54. The van der Waals surface area contributed by atoms with Gasteiger partial charge in [0.2, 0.25) is 0 Å². The van der Waals surface area contributed by atoms with Crippen molar-refractivity contribution in [2.75, 3.05) is 0 Å². The van der Waals surface area contributed by atoms with Crippen molar-refractivity contribution in [1.82, 2.24) is 0 Å². The summed E-state index contributed by atoms with van der Waals surface area (Å²) in [7, 11) is 0. The first-order valence-corrected chi connectivity index (χ1v) is 2.74. The molecule has 0 aromatic carbocycles. The van der Waals surface area contributed by atoms with Gasteiger partial charge in [0, 0.05) is 0 Å². The summed E-state index contributed by atoms with van der Waals surface area (Å²) in [5.74, 6) is -0.722. The van der Waals surface area contributed by atoms with Crippen LogP contribution in [-0.4, -0.2) is 34.1 Å². The Morgan fingerprint density at radius 2 is 2.00 bits per heavy atom. The molecule has 0 fully saturated rings. The zero-order chi connectivity index (χ0) is 6.78. The van der Waals surface area contributed by atoms with Crippen LogP contribution in [0.2, 0.25) is 0 Å². The van der Waals surface area contributed by atoms with E-state index >= 15 is 0 Å². The van der Waals surface area contributed by atoms with Gasteiger partial charge in [-0.3, -0.25) is 4.79 Å². The molecule has 0 aromatic heterocycles. The summed E-state index contributed by atoms with van der Waals surface area (Å²) in [6, 6.07) is 0. The number of carbonyl (C=O) groups is 1. The fourth-order valence-corrected chi connectivity index (χ4v) is 0.151. The molecule has 52 valence electrons. The molecular formula is C6H14MgO2. The molecule has 1 N–H and O–H groups in total. The summed E-state index contributed by atoms with van der Waals surface area (Å²) < 4.78 is 0. The fraction of sp³-hybridized carbons (Fsp3) is 0.833. The maximum atomic E-state index is 10.3. The van der Waals surface area contributed by atoms with E-state index in [1.807, 2.05) is 6.92 Å². The van der Waals surface area contributed by atoms with Crippen LogP contribution in [-0.2, 0) is 4.79 Å². The van der Waals surface area contributed by atoms with Gasteiger partial charge in [0.25, 0.3) is 0 Å². The van der Waals surface area contributed by atoms with E-state index in [4.69, 9.17) is 5.11 Å². The Balaban J connectivity index is -0.0000000817. The van der Waals surface area contributed by atoms with Gasteiger partial charge in [-0.1, -0.05) is 6.92 Å². The van der Waals surface area contributed by atoms with Crippen LogP contribution in [0.4, 0.5) is 0 Å². The summed E-state index contributed by atoms with van der Waals surface area (Å²) in [5.41, 5.74) is -0.542. The minimum absolute atomic E-state index is 0. The SMILES string of the molecule is CCC(C)(C)C(=O)O.[H-].[H-].[Mg+2]. The Morgan fingerprint density at radius 1 is 1.67 bits per heavy atom. The van der Waals surface area contributed by atoms with E-state index in [1.165, 1.54) is 0 Å². The average Bonchev–Trinajstić information content (AvgIpc) is 1.67. The van der Waals surface area contributed by atoms with Gasteiger partial charge in [-0.2, -0.15) is 0 Å². The van der Waals surface area contributed by atoms with Crippen LogP contribution in [0, 0.1) is 5.41 Å². The molecule has 0 spiro atoms. The molecule has 0 amide bonds. The first kappa shape index (κ1) is 12.0. The maximum absolute atomic E-state index is 10.3. The van der Waals surface area contributed by atoms with E-state index in [1.54, 1.807) is 13.8 Å². The molecule has 0 heterocycles. The smallest absolute Gasteiger partial charge is 1.00 e. The van der Waals surface area contributed by atoms with Crippen LogP contribution in [0.25, 0.3) is 0 Å². The number of aliphatic carboxylic acids is 1. The quantitative estimate of drug-likeness (QED) is 0.591. The third-order valence-corrected chi connectivity index (χ3v) is 1.46. The average molecular weight is 142 g/mol. The van der Waals surface area contributed by atoms with Crippen LogP contribution in [0.3, 0.4) is 0 Å². The van der Waals surface area contributed by atoms with Crippen molar-refractivity contribution in [3.05, 3.63) is 0 Å². The molecule has 0 atom stereocenters. The molecule has 9 heavy (non-hydrogen) atoms. The Labute approximate surface area is 74.8 Å². The normalized spacial score (nSPS) is 10.1. The van der Waals surface area contributed by atoms with Gasteiger partial charge in [-0.15, -0.1) is 0 Å². The maximum Gasteiger partial charge on any atom is 2.00 e. The van der Waals surface area contributed by atoms with Crippen molar-refractivity contribution in [1.29, 1.82) is 0 Å². The number of carboxylic acid groups (broad SMARTS) is 1. The molecular weight excluding hydrogens is 128 g/mol. The standard InChI is InChI=1S/C6H12O2.Mg.2H/c1-4-6(2,3)5(7)8;;;/h4H2,1-3H3,(H,7,8);;;/q;+2;2*-1. The second kappa shape index (κ2) is 4.12. The van der Waals surface area contributed by atoms with Crippen molar-refractivity contribution in [3.63, 3.8) is 0 Å². The molecule has 0 radical (unpaired) electrons. The minimum atomic E-state index is -0.722. The molecule has 2 nitrogen and oxygen atoms in total. The second-order valence-electron chi connectivity index (χ2n) is 2.54. The number of hydrogen-bond acceptors (Lipinski definition) is 1. The van der Waals surface area contributed by atoms with E-state index in [2.05, 4.69) is 0 Å². The predicted molar refractivity (Wildman–Crippen MR) is 39.7 cm³/mol. The Kier molecular flexibility index (Phi) is 5.47. The molecule has 0 bridgehead atoms. The van der Waals surface area contributed by atoms with E-state index in [0.717, 1.165) is 0 Å². The zero-order valence-corrected chi connectivity index (χ0v) is 7.68. The number of rotatable bonds is 2. The molecule has 0 saturated carbocycles. The van der Waals surface area contributed by atoms with Crippen molar-refractivity contribution in [3.8, 4) is 0 Å². The first-order valence-electron chi connectivity index (χ1n) is 2.74. The Morgan fingerprint density at radius 3 is 2.00 bits per heavy atom.